The van der Waals surface area contributed by atoms with Crippen molar-refractivity contribution in [3.8, 4) is 0 Å². The summed E-state index contributed by atoms with van der Waals surface area (Å²) < 4.78 is 0. The lowest BCUT2D eigenvalue weighted by Gasteiger charge is -2.36. The summed E-state index contributed by atoms with van der Waals surface area (Å²) >= 11 is 7.58. The molecule has 4 nitrogen and oxygen atoms in total. The van der Waals surface area contributed by atoms with Crippen LogP contribution in [0.15, 0.2) is 41.8 Å². The molecule has 0 spiro atoms. The number of rotatable bonds is 5. The third-order valence-electron chi connectivity index (χ3n) is 5.01. The molecule has 26 heavy (non-hydrogen) atoms. The van der Waals surface area contributed by atoms with E-state index in [2.05, 4.69) is 28.1 Å². The van der Waals surface area contributed by atoms with Crippen molar-refractivity contribution in [3.63, 3.8) is 0 Å². The lowest BCUT2D eigenvalue weighted by atomic mass is 9.73. The first-order chi connectivity index (χ1) is 12.6. The maximum atomic E-state index is 12.2. The second-order valence-electron chi connectivity index (χ2n) is 6.81. The summed E-state index contributed by atoms with van der Waals surface area (Å²) in [6, 6.07) is 11.4. The largest absolute Gasteiger partial charge is 0.347 e. The molecule has 2 amide bonds. The molecule has 2 N–H and O–H groups in total. The van der Waals surface area contributed by atoms with Crippen LogP contribution >= 0.6 is 22.9 Å². The van der Waals surface area contributed by atoms with E-state index in [0.29, 0.717) is 18.1 Å². The highest BCUT2D eigenvalue weighted by Crippen LogP contribution is 2.41. The van der Waals surface area contributed by atoms with Crippen molar-refractivity contribution in [3.05, 3.63) is 57.2 Å². The summed E-state index contributed by atoms with van der Waals surface area (Å²) in [5, 5.41) is 8.24. The van der Waals surface area contributed by atoms with Gasteiger partial charge in [0.1, 0.15) is 0 Å². The van der Waals surface area contributed by atoms with E-state index in [4.69, 9.17) is 11.6 Å². The molecule has 0 saturated heterocycles. The van der Waals surface area contributed by atoms with Crippen LogP contribution in [-0.4, -0.2) is 18.4 Å². The van der Waals surface area contributed by atoms with Crippen LogP contribution in [0.2, 0.25) is 5.02 Å². The topological polar surface area (TPSA) is 58.2 Å². The van der Waals surface area contributed by atoms with E-state index in [-0.39, 0.29) is 5.41 Å². The van der Waals surface area contributed by atoms with Gasteiger partial charge in [0, 0.05) is 28.4 Å². The zero-order valence-electron chi connectivity index (χ0n) is 14.6. The van der Waals surface area contributed by atoms with Gasteiger partial charge in [-0.1, -0.05) is 49.1 Å². The number of hydrogen-bond acceptors (Lipinski definition) is 3. The molecule has 0 radical (unpaired) electrons. The fourth-order valence-electron chi connectivity index (χ4n) is 3.51. The third kappa shape index (κ3) is 4.65. The lowest BCUT2D eigenvalue weighted by molar-refractivity contribution is -0.139. The van der Waals surface area contributed by atoms with Crippen LogP contribution in [0, 0.1) is 0 Å². The zero-order chi connectivity index (χ0) is 18.4. The van der Waals surface area contributed by atoms with Gasteiger partial charge in [0.2, 0.25) is 0 Å². The van der Waals surface area contributed by atoms with Gasteiger partial charge in [-0.05, 0) is 42.0 Å². The molecule has 0 aliphatic heterocycles. The first-order valence-corrected chi connectivity index (χ1v) is 10.2. The quantitative estimate of drug-likeness (QED) is 0.757. The van der Waals surface area contributed by atoms with E-state index in [0.717, 1.165) is 31.2 Å². The van der Waals surface area contributed by atoms with Crippen molar-refractivity contribution in [2.45, 2.75) is 44.1 Å². The van der Waals surface area contributed by atoms with E-state index in [1.165, 1.54) is 11.3 Å². The van der Waals surface area contributed by atoms with Gasteiger partial charge < -0.3 is 10.6 Å². The maximum absolute atomic E-state index is 12.2. The van der Waals surface area contributed by atoms with Crippen molar-refractivity contribution in [1.29, 1.82) is 0 Å². The predicted octanol–water partition coefficient (Wildman–Crippen LogP) is 4.04. The molecule has 1 aromatic carbocycles. The summed E-state index contributed by atoms with van der Waals surface area (Å²) in [7, 11) is 0. The molecule has 1 saturated carbocycles. The molecule has 0 atom stereocenters. The van der Waals surface area contributed by atoms with Crippen LogP contribution in [0.1, 0.15) is 42.5 Å². The molecule has 1 aliphatic carbocycles. The Morgan fingerprint density at radius 3 is 2.35 bits per heavy atom. The molecule has 1 fully saturated rings. The summed E-state index contributed by atoms with van der Waals surface area (Å²) in [5.41, 5.74) is 0.872. The molecule has 1 aliphatic rings. The fourth-order valence-corrected chi connectivity index (χ4v) is 4.63. The molecule has 1 heterocycles. The average molecular weight is 391 g/mol. The number of carbonyl (C=O) groups is 2. The highest BCUT2D eigenvalue weighted by Gasteiger charge is 2.35. The molecule has 6 heteroatoms. The highest BCUT2D eigenvalue weighted by atomic mass is 35.5. The minimum Gasteiger partial charge on any atom is -0.347 e. The van der Waals surface area contributed by atoms with Crippen LogP contribution in [0.4, 0.5) is 0 Å². The second kappa shape index (κ2) is 8.69. The Morgan fingerprint density at radius 1 is 1.00 bits per heavy atom. The van der Waals surface area contributed by atoms with Crippen LogP contribution in [0.25, 0.3) is 0 Å². The molecular formula is C20H23ClN2O2S. The Hall–Kier alpha value is -1.85. The van der Waals surface area contributed by atoms with Crippen LogP contribution in [-0.2, 0) is 21.5 Å². The maximum Gasteiger partial charge on any atom is 0.309 e. The molecule has 1 aromatic heterocycles. The molecule has 138 valence electrons. The summed E-state index contributed by atoms with van der Waals surface area (Å²) in [5.74, 6) is -1.17. The van der Waals surface area contributed by atoms with Gasteiger partial charge in [-0.2, -0.15) is 0 Å². The fraction of sp³-hybridized carbons (Fsp3) is 0.400. The number of nitrogens with one attached hydrogen (secondary N) is 2. The van der Waals surface area contributed by atoms with Crippen molar-refractivity contribution in [2.24, 2.45) is 0 Å². The van der Waals surface area contributed by atoms with Crippen molar-refractivity contribution >= 4 is 34.8 Å². The predicted molar refractivity (Wildman–Crippen MR) is 105 cm³/mol. The van der Waals surface area contributed by atoms with Gasteiger partial charge in [0.05, 0.1) is 0 Å². The Morgan fingerprint density at radius 2 is 1.69 bits per heavy atom. The zero-order valence-corrected chi connectivity index (χ0v) is 16.2. The van der Waals surface area contributed by atoms with Gasteiger partial charge in [-0.25, -0.2) is 0 Å². The number of halogens is 1. The Bertz CT molecular complexity index is 738. The average Bonchev–Trinajstić information content (AvgIpc) is 3.21. The van der Waals surface area contributed by atoms with Crippen molar-refractivity contribution < 1.29 is 9.59 Å². The van der Waals surface area contributed by atoms with Gasteiger partial charge in [-0.15, -0.1) is 11.3 Å². The standard InChI is InChI=1S/C20H23ClN2O2S/c21-16-8-6-15(7-9-16)13-22-18(24)19(25)23-14-20(10-2-1-3-11-20)17-5-4-12-26-17/h4-9,12H,1-3,10-11,13-14H2,(H,22,24)(H,23,25). The van der Waals surface area contributed by atoms with E-state index in [1.54, 1.807) is 23.5 Å². The SMILES string of the molecule is O=C(NCc1ccc(Cl)cc1)C(=O)NCC1(c2cccs2)CCCCC1. The Labute approximate surface area is 162 Å². The molecule has 3 rings (SSSR count). The minimum atomic E-state index is -0.600. The summed E-state index contributed by atoms with van der Waals surface area (Å²) in [6.45, 7) is 0.820. The number of thiophene rings is 1. The molecule has 2 aromatic rings. The van der Waals surface area contributed by atoms with E-state index in [1.807, 2.05) is 12.1 Å². The smallest absolute Gasteiger partial charge is 0.309 e. The normalized spacial score (nSPS) is 16.0. The molecule has 0 unspecified atom stereocenters. The number of hydrogen-bond donors (Lipinski definition) is 2. The Balaban J connectivity index is 1.54. The van der Waals surface area contributed by atoms with Crippen LogP contribution < -0.4 is 10.6 Å². The highest BCUT2D eigenvalue weighted by molar-refractivity contribution is 7.10. The lowest BCUT2D eigenvalue weighted by Crippen LogP contribution is -2.46. The first kappa shape index (κ1) is 18.9. The van der Waals surface area contributed by atoms with E-state index < -0.39 is 11.8 Å². The van der Waals surface area contributed by atoms with Gasteiger partial charge >= 0.3 is 11.8 Å². The molecule has 0 bridgehead atoms. The Kier molecular flexibility index (Phi) is 6.33. The van der Waals surface area contributed by atoms with E-state index >= 15 is 0 Å². The van der Waals surface area contributed by atoms with Crippen LogP contribution in [0.3, 0.4) is 0 Å². The van der Waals surface area contributed by atoms with Crippen LogP contribution in [0.5, 0.6) is 0 Å². The minimum absolute atomic E-state index is 0.0292. The van der Waals surface area contributed by atoms with E-state index in [9.17, 15) is 9.59 Å². The number of carbonyl (C=O) groups excluding carboxylic acids is 2. The van der Waals surface area contributed by atoms with Crippen molar-refractivity contribution in [2.75, 3.05) is 6.54 Å². The van der Waals surface area contributed by atoms with Gasteiger partial charge in [0.25, 0.3) is 0 Å². The number of benzene rings is 1. The molecular weight excluding hydrogens is 368 g/mol. The summed E-state index contributed by atoms with van der Waals surface area (Å²) in [4.78, 5) is 25.6. The first-order valence-electron chi connectivity index (χ1n) is 8.94. The second-order valence-corrected chi connectivity index (χ2v) is 8.19. The monoisotopic (exact) mass is 390 g/mol. The summed E-state index contributed by atoms with van der Waals surface area (Å²) in [6.07, 6.45) is 5.68. The number of amides is 2. The third-order valence-corrected chi connectivity index (χ3v) is 6.38. The van der Waals surface area contributed by atoms with Gasteiger partial charge in [-0.3, -0.25) is 9.59 Å². The van der Waals surface area contributed by atoms with Gasteiger partial charge in [0.15, 0.2) is 0 Å². The van der Waals surface area contributed by atoms with Crippen molar-refractivity contribution in [1.82, 2.24) is 10.6 Å².